The van der Waals surface area contributed by atoms with E-state index in [2.05, 4.69) is 26.9 Å². The lowest BCUT2D eigenvalue weighted by Crippen LogP contribution is -2.29. The highest BCUT2D eigenvalue weighted by Crippen LogP contribution is 2.16. The fourth-order valence-electron chi connectivity index (χ4n) is 2.21. The Labute approximate surface area is 139 Å². The molecule has 0 fully saturated rings. The molecule has 1 aliphatic heterocycles. The van der Waals surface area contributed by atoms with Gasteiger partial charge >= 0.3 is 0 Å². The molecule has 0 aliphatic carbocycles. The molecule has 124 valence electrons. The summed E-state index contributed by atoms with van der Waals surface area (Å²) in [6.45, 7) is 2.46. The highest BCUT2D eigenvalue weighted by Gasteiger charge is 2.12. The Balaban J connectivity index is 0.00000192. The van der Waals surface area contributed by atoms with Gasteiger partial charge in [0.2, 0.25) is 17.6 Å². The zero-order valence-electron chi connectivity index (χ0n) is 12.6. The van der Waals surface area contributed by atoms with Crippen LogP contribution in [0.3, 0.4) is 0 Å². The van der Waals surface area contributed by atoms with Crippen LogP contribution in [0.25, 0.3) is 11.6 Å². The second-order valence-corrected chi connectivity index (χ2v) is 5.08. The van der Waals surface area contributed by atoms with Crippen molar-refractivity contribution in [1.29, 1.82) is 0 Å². The summed E-state index contributed by atoms with van der Waals surface area (Å²) in [6, 6.07) is 3.52. The molecule has 0 radical (unpaired) electrons. The number of aromatic nitrogens is 2. The molecule has 8 heteroatoms. The average Bonchev–Trinajstić information content (AvgIpc) is 3.22. The van der Waals surface area contributed by atoms with Gasteiger partial charge in [-0.1, -0.05) is 16.8 Å². The maximum atomic E-state index is 11.8. The van der Waals surface area contributed by atoms with E-state index in [0.29, 0.717) is 36.9 Å². The molecule has 0 spiro atoms. The molecule has 0 aromatic carbocycles. The van der Waals surface area contributed by atoms with Crippen LogP contribution in [0.1, 0.15) is 18.7 Å². The van der Waals surface area contributed by atoms with Crippen LogP contribution in [0.2, 0.25) is 0 Å². The maximum absolute atomic E-state index is 11.8. The molecule has 0 unspecified atom stereocenters. The van der Waals surface area contributed by atoms with E-state index in [-0.39, 0.29) is 18.3 Å². The summed E-state index contributed by atoms with van der Waals surface area (Å²) in [6.07, 6.45) is 5.40. The minimum atomic E-state index is -0.0165. The summed E-state index contributed by atoms with van der Waals surface area (Å²) in [5, 5.41) is 9.98. The van der Waals surface area contributed by atoms with Gasteiger partial charge in [-0.3, -0.25) is 4.79 Å². The molecule has 3 rings (SSSR count). The van der Waals surface area contributed by atoms with E-state index in [1.165, 1.54) is 5.57 Å². The number of hydrogen-bond acceptors (Lipinski definition) is 6. The number of halogens is 1. The SMILES string of the molecule is Cl.O=C(CCc1nc(-c2ccco2)no1)NCC1=CCNCC1. The van der Waals surface area contributed by atoms with E-state index in [9.17, 15) is 4.79 Å². The van der Waals surface area contributed by atoms with Crippen molar-refractivity contribution in [3.63, 3.8) is 0 Å². The smallest absolute Gasteiger partial charge is 0.238 e. The number of carbonyl (C=O) groups is 1. The van der Waals surface area contributed by atoms with Gasteiger partial charge in [-0.15, -0.1) is 12.4 Å². The van der Waals surface area contributed by atoms with Gasteiger partial charge in [0.05, 0.1) is 6.26 Å². The van der Waals surface area contributed by atoms with E-state index in [4.69, 9.17) is 8.94 Å². The molecule has 3 heterocycles. The Kier molecular flexibility index (Phi) is 6.37. The normalized spacial score (nSPS) is 14.0. The van der Waals surface area contributed by atoms with Gasteiger partial charge in [0.25, 0.3) is 0 Å². The van der Waals surface area contributed by atoms with Crippen molar-refractivity contribution in [2.75, 3.05) is 19.6 Å². The molecule has 0 bridgehead atoms. The van der Waals surface area contributed by atoms with E-state index in [0.717, 1.165) is 19.5 Å². The van der Waals surface area contributed by atoms with Crippen molar-refractivity contribution in [1.82, 2.24) is 20.8 Å². The van der Waals surface area contributed by atoms with Crippen molar-refractivity contribution in [2.45, 2.75) is 19.3 Å². The third-order valence-corrected chi connectivity index (χ3v) is 3.45. The predicted molar refractivity (Wildman–Crippen MR) is 86.1 cm³/mol. The summed E-state index contributed by atoms with van der Waals surface area (Å²) in [7, 11) is 0. The first kappa shape index (κ1) is 17.2. The quantitative estimate of drug-likeness (QED) is 0.779. The Morgan fingerprint density at radius 3 is 3.09 bits per heavy atom. The third-order valence-electron chi connectivity index (χ3n) is 3.45. The molecular formula is C15H19ClN4O3. The molecule has 2 aromatic heterocycles. The minimum absolute atomic E-state index is 0. The first-order valence-corrected chi connectivity index (χ1v) is 7.33. The van der Waals surface area contributed by atoms with Crippen LogP contribution in [0.15, 0.2) is 39.0 Å². The first-order valence-electron chi connectivity index (χ1n) is 7.33. The number of aryl methyl sites for hydroxylation is 1. The largest absolute Gasteiger partial charge is 0.461 e. The van der Waals surface area contributed by atoms with Crippen LogP contribution in [-0.4, -0.2) is 35.7 Å². The number of nitrogens with one attached hydrogen (secondary N) is 2. The van der Waals surface area contributed by atoms with Gasteiger partial charge < -0.3 is 19.6 Å². The van der Waals surface area contributed by atoms with Gasteiger partial charge in [-0.2, -0.15) is 4.98 Å². The summed E-state index contributed by atoms with van der Waals surface area (Å²) in [5.41, 5.74) is 1.27. The fraction of sp³-hybridized carbons (Fsp3) is 0.400. The van der Waals surface area contributed by atoms with Crippen LogP contribution in [-0.2, 0) is 11.2 Å². The average molecular weight is 339 g/mol. The highest BCUT2D eigenvalue weighted by atomic mass is 35.5. The number of nitrogens with zero attached hydrogens (tertiary/aromatic N) is 2. The summed E-state index contributed by atoms with van der Waals surface area (Å²) in [5.74, 6) is 1.37. The zero-order valence-corrected chi connectivity index (χ0v) is 13.4. The molecule has 2 aromatic rings. The van der Waals surface area contributed by atoms with Gasteiger partial charge in [0.15, 0.2) is 5.76 Å². The van der Waals surface area contributed by atoms with Crippen LogP contribution in [0.4, 0.5) is 0 Å². The number of hydrogen-bond donors (Lipinski definition) is 2. The molecule has 0 saturated carbocycles. The van der Waals surface area contributed by atoms with E-state index in [1.54, 1.807) is 18.4 Å². The fourth-order valence-corrected chi connectivity index (χ4v) is 2.21. The molecular weight excluding hydrogens is 320 g/mol. The Morgan fingerprint density at radius 1 is 1.43 bits per heavy atom. The maximum Gasteiger partial charge on any atom is 0.238 e. The minimum Gasteiger partial charge on any atom is -0.461 e. The molecule has 2 N–H and O–H groups in total. The van der Waals surface area contributed by atoms with Gasteiger partial charge in [0.1, 0.15) is 0 Å². The lowest BCUT2D eigenvalue weighted by Gasteiger charge is -2.14. The van der Waals surface area contributed by atoms with Crippen LogP contribution < -0.4 is 10.6 Å². The molecule has 23 heavy (non-hydrogen) atoms. The van der Waals surface area contributed by atoms with Crippen molar-refractivity contribution in [3.8, 4) is 11.6 Å². The van der Waals surface area contributed by atoms with Crippen molar-refractivity contribution in [3.05, 3.63) is 35.9 Å². The van der Waals surface area contributed by atoms with Crippen molar-refractivity contribution < 1.29 is 13.7 Å². The number of furan rings is 1. The van der Waals surface area contributed by atoms with Gasteiger partial charge in [-0.05, 0) is 25.1 Å². The van der Waals surface area contributed by atoms with Crippen molar-refractivity contribution >= 4 is 18.3 Å². The van der Waals surface area contributed by atoms with Crippen LogP contribution in [0.5, 0.6) is 0 Å². The van der Waals surface area contributed by atoms with Crippen molar-refractivity contribution in [2.24, 2.45) is 0 Å². The molecule has 0 atom stereocenters. The summed E-state index contributed by atoms with van der Waals surface area (Å²) < 4.78 is 10.3. The van der Waals surface area contributed by atoms with E-state index >= 15 is 0 Å². The summed E-state index contributed by atoms with van der Waals surface area (Å²) >= 11 is 0. The van der Waals surface area contributed by atoms with E-state index < -0.39 is 0 Å². The topological polar surface area (TPSA) is 93.2 Å². The predicted octanol–water partition coefficient (Wildman–Crippen LogP) is 1.72. The number of rotatable bonds is 6. The summed E-state index contributed by atoms with van der Waals surface area (Å²) in [4.78, 5) is 16.0. The number of carbonyl (C=O) groups excluding carboxylic acids is 1. The second-order valence-electron chi connectivity index (χ2n) is 5.08. The molecule has 7 nitrogen and oxygen atoms in total. The third kappa shape index (κ3) is 4.94. The Bertz CT molecular complexity index is 651. The Hall–Kier alpha value is -2.12. The van der Waals surface area contributed by atoms with Crippen LogP contribution in [0, 0.1) is 0 Å². The molecule has 1 aliphatic rings. The second kappa shape index (κ2) is 8.50. The van der Waals surface area contributed by atoms with E-state index in [1.807, 2.05) is 0 Å². The van der Waals surface area contributed by atoms with Gasteiger partial charge in [-0.25, -0.2) is 0 Å². The standard InChI is InChI=1S/C15H18N4O3.ClH/c20-13(17-10-11-5-7-16-8-6-11)3-4-14-18-15(19-22-14)12-2-1-9-21-12;/h1-2,5,9,16H,3-4,6-8,10H2,(H,17,20);1H. The lowest BCUT2D eigenvalue weighted by molar-refractivity contribution is -0.121. The van der Waals surface area contributed by atoms with Gasteiger partial charge in [0, 0.05) is 25.9 Å². The van der Waals surface area contributed by atoms with Crippen LogP contribution >= 0.6 is 12.4 Å². The highest BCUT2D eigenvalue weighted by molar-refractivity contribution is 5.85. The Morgan fingerprint density at radius 2 is 2.35 bits per heavy atom. The zero-order chi connectivity index (χ0) is 15.2. The molecule has 1 amide bonds. The lowest BCUT2D eigenvalue weighted by atomic mass is 10.1. The number of amides is 1. The first-order chi connectivity index (χ1) is 10.8. The monoisotopic (exact) mass is 338 g/mol. The molecule has 0 saturated heterocycles.